The molecule has 0 aliphatic carbocycles. The molecular weight excluding hydrogens is 218 g/mol. The van der Waals surface area contributed by atoms with Crippen molar-refractivity contribution in [1.29, 1.82) is 0 Å². The molecule has 0 saturated carbocycles. The second kappa shape index (κ2) is 4.45. The first kappa shape index (κ1) is 11.4. The Morgan fingerprint density at radius 2 is 2.12 bits per heavy atom. The van der Waals surface area contributed by atoms with Crippen molar-refractivity contribution in [3.8, 4) is 0 Å². The van der Waals surface area contributed by atoms with Gasteiger partial charge in [-0.1, -0.05) is 12.1 Å². The number of carbonyl (C=O) groups excluding carboxylic acids is 1. The minimum atomic E-state index is -0.126. The molecule has 1 aromatic carbocycles. The van der Waals surface area contributed by atoms with E-state index in [-0.39, 0.29) is 18.4 Å². The molecule has 0 atom stereocenters. The lowest BCUT2D eigenvalue weighted by atomic mass is 10.2. The van der Waals surface area contributed by atoms with Gasteiger partial charge in [0.25, 0.3) is 5.91 Å². The van der Waals surface area contributed by atoms with Crippen LogP contribution in [0.4, 0.5) is 11.4 Å². The van der Waals surface area contributed by atoms with E-state index < -0.39 is 0 Å². The SMILES string of the molecule is CC(C)OC1=NN(c2ccccc2N)C(=O)C1. The number of carbonyl (C=O) groups is 1. The quantitative estimate of drug-likeness (QED) is 0.791. The highest BCUT2D eigenvalue weighted by atomic mass is 16.5. The number of nitrogens with two attached hydrogens (primary N) is 1. The summed E-state index contributed by atoms with van der Waals surface area (Å²) in [4.78, 5) is 11.8. The summed E-state index contributed by atoms with van der Waals surface area (Å²) in [5, 5.41) is 5.44. The van der Waals surface area contributed by atoms with Gasteiger partial charge in [-0.15, -0.1) is 5.10 Å². The zero-order valence-electron chi connectivity index (χ0n) is 9.88. The molecule has 2 N–H and O–H groups in total. The van der Waals surface area contributed by atoms with Crippen LogP contribution < -0.4 is 10.7 Å². The van der Waals surface area contributed by atoms with E-state index in [0.29, 0.717) is 17.3 Å². The van der Waals surface area contributed by atoms with E-state index in [9.17, 15) is 4.79 Å². The summed E-state index contributed by atoms with van der Waals surface area (Å²) in [7, 11) is 0. The number of ether oxygens (including phenoxy) is 1. The van der Waals surface area contributed by atoms with Gasteiger partial charge in [-0.05, 0) is 26.0 Å². The number of anilines is 2. The van der Waals surface area contributed by atoms with E-state index in [2.05, 4.69) is 5.10 Å². The molecule has 1 aliphatic heterocycles. The van der Waals surface area contributed by atoms with Crippen molar-refractivity contribution in [2.24, 2.45) is 5.10 Å². The molecule has 2 rings (SSSR count). The molecule has 1 aromatic rings. The lowest BCUT2D eigenvalue weighted by Gasteiger charge is -2.13. The average molecular weight is 233 g/mol. The number of nitrogens with zero attached hydrogens (tertiary/aromatic N) is 2. The molecule has 0 bridgehead atoms. The predicted molar refractivity (Wildman–Crippen MR) is 66.6 cm³/mol. The molecule has 0 unspecified atom stereocenters. The molecule has 5 heteroatoms. The normalized spacial score (nSPS) is 15.4. The summed E-state index contributed by atoms with van der Waals surface area (Å²) >= 11 is 0. The number of para-hydroxylation sites is 2. The Morgan fingerprint density at radius 1 is 1.41 bits per heavy atom. The van der Waals surface area contributed by atoms with E-state index in [1.807, 2.05) is 26.0 Å². The second-order valence-corrected chi connectivity index (χ2v) is 4.10. The van der Waals surface area contributed by atoms with Crippen LogP contribution in [0.3, 0.4) is 0 Å². The minimum absolute atomic E-state index is 0.00891. The summed E-state index contributed by atoms with van der Waals surface area (Å²) in [6.45, 7) is 3.79. The van der Waals surface area contributed by atoms with Crippen LogP contribution in [0.25, 0.3) is 0 Å². The van der Waals surface area contributed by atoms with Crippen molar-refractivity contribution >= 4 is 23.2 Å². The van der Waals surface area contributed by atoms with Crippen LogP contribution in [0.5, 0.6) is 0 Å². The Morgan fingerprint density at radius 3 is 2.76 bits per heavy atom. The predicted octanol–water partition coefficient (Wildman–Crippen LogP) is 1.74. The highest BCUT2D eigenvalue weighted by Gasteiger charge is 2.27. The maximum atomic E-state index is 11.8. The van der Waals surface area contributed by atoms with Gasteiger partial charge in [0.2, 0.25) is 5.90 Å². The lowest BCUT2D eigenvalue weighted by molar-refractivity contribution is -0.117. The standard InChI is InChI=1S/C12H15N3O2/c1-8(2)17-11-7-12(16)15(14-11)10-6-4-3-5-9(10)13/h3-6,8H,7,13H2,1-2H3. The van der Waals surface area contributed by atoms with Gasteiger partial charge in [-0.25, -0.2) is 0 Å². The molecule has 0 fully saturated rings. The third kappa shape index (κ3) is 2.38. The Kier molecular flexibility index (Phi) is 2.99. The first-order valence-corrected chi connectivity index (χ1v) is 5.49. The highest BCUT2D eigenvalue weighted by Crippen LogP contribution is 2.26. The van der Waals surface area contributed by atoms with Crippen molar-refractivity contribution in [3.05, 3.63) is 24.3 Å². The zero-order chi connectivity index (χ0) is 12.4. The Labute approximate surface area is 99.9 Å². The highest BCUT2D eigenvalue weighted by molar-refractivity contribution is 6.11. The summed E-state index contributed by atoms with van der Waals surface area (Å²) in [5.41, 5.74) is 6.93. The van der Waals surface area contributed by atoms with Gasteiger partial charge in [0.15, 0.2) is 0 Å². The average Bonchev–Trinajstić information content (AvgIpc) is 2.59. The number of nitrogen functional groups attached to an aromatic ring is 1. The van der Waals surface area contributed by atoms with Gasteiger partial charge < -0.3 is 10.5 Å². The third-order valence-corrected chi connectivity index (χ3v) is 2.29. The van der Waals surface area contributed by atoms with Crippen molar-refractivity contribution in [1.82, 2.24) is 0 Å². The number of hydrogen-bond acceptors (Lipinski definition) is 4. The van der Waals surface area contributed by atoms with E-state index in [1.165, 1.54) is 5.01 Å². The van der Waals surface area contributed by atoms with E-state index in [4.69, 9.17) is 10.5 Å². The van der Waals surface area contributed by atoms with Crippen molar-refractivity contribution in [3.63, 3.8) is 0 Å². The first-order chi connectivity index (χ1) is 8.08. The van der Waals surface area contributed by atoms with E-state index in [1.54, 1.807) is 12.1 Å². The molecule has 0 radical (unpaired) electrons. The fourth-order valence-corrected chi connectivity index (χ4v) is 1.61. The lowest BCUT2D eigenvalue weighted by Crippen LogP contribution is -2.20. The molecule has 0 aromatic heterocycles. The van der Waals surface area contributed by atoms with E-state index >= 15 is 0 Å². The Hall–Kier alpha value is -2.04. The molecule has 1 amide bonds. The molecule has 0 spiro atoms. The van der Waals surface area contributed by atoms with Crippen molar-refractivity contribution < 1.29 is 9.53 Å². The molecule has 90 valence electrons. The van der Waals surface area contributed by atoms with Gasteiger partial charge >= 0.3 is 0 Å². The fourth-order valence-electron chi connectivity index (χ4n) is 1.61. The molecule has 5 nitrogen and oxygen atoms in total. The number of hydrazone groups is 1. The summed E-state index contributed by atoms with van der Waals surface area (Å²) in [6, 6.07) is 7.12. The number of benzene rings is 1. The monoisotopic (exact) mass is 233 g/mol. The zero-order valence-corrected chi connectivity index (χ0v) is 9.88. The second-order valence-electron chi connectivity index (χ2n) is 4.10. The number of hydrogen-bond donors (Lipinski definition) is 1. The molecule has 17 heavy (non-hydrogen) atoms. The van der Waals surface area contributed by atoms with Crippen LogP contribution in [-0.2, 0) is 9.53 Å². The first-order valence-electron chi connectivity index (χ1n) is 5.49. The van der Waals surface area contributed by atoms with Crippen LogP contribution in [0.1, 0.15) is 20.3 Å². The van der Waals surface area contributed by atoms with Crippen LogP contribution in [-0.4, -0.2) is 17.9 Å². The van der Waals surface area contributed by atoms with Gasteiger partial charge in [0.05, 0.1) is 17.5 Å². The third-order valence-electron chi connectivity index (χ3n) is 2.29. The van der Waals surface area contributed by atoms with Crippen LogP contribution in [0.15, 0.2) is 29.4 Å². The van der Waals surface area contributed by atoms with Gasteiger partial charge in [-0.3, -0.25) is 4.79 Å². The molecule has 1 aliphatic rings. The van der Waals surface area contributed by atoms with Crippen LogP contribution >= 0.6 is 0 Å². The molecule has 1 heterocycles. The molecule has 0 saturated heterocycles. The van der Waals surface area contributed by atoms with E-state index in [0.717, 1.165) is 0 Å². The van der Waals surface area contributed by atoms with Crippen molar-refractivity contribution in [2.75, 3.05) is 10.7 Å². The van der Waals surface area contributed by atoms with Crippen molar-refractivity contribution in [2.45, 2.75) is 26.4 Å². The largest absolute Gasteiger partial charge is 0.477 e. The minimum Gasteiger partial charge on any atom is -0.477 e. The van der Waals surface area contributed by atoms with Crippen LogP contribution in [0, 0.1) is 0 Å². The maximum absolute atomic E-state index is 11.8. The Balaban J connectivity index is 2.25. The van der Waals surface area contributed by atoms with Gasteiger partial charge in [0, 0.05) is 0 Å². The fraction of sp³-hybridized carbons (Fsp3) is 0.333. The summed E-state index contributed by atoms with van der Waals surface area (Å²) in [6.07, 6.45) is 0.196. The number of rotatable bonds is 2. The summed E-state index contributed by atoms with van der Waals surface area (Å²) < 4.78 is 5.42. The topological polar surface area (TPSA) is 67.9 Å². The summed E-state index contributed by atoms with van der Waals surface area (Å²) in [5.74, 6) is 0.312. The smallest absolute Gasteiger partial charge is 0.256 e. The van der Waals surface area contributed by atoms with Gasteiger partial charge in [0.1, 0.15) is 6.42 Å². The number of amides is 1. The Bertz CT molecular complexity index is 469. The maximum Gasteiger partial charge on any atom is 0.256 e. The van der Waals surface area contributed by atoms with Crippen LogP contribution in [0.2, 0.25) is 0 Å². The van der Waals surface area contributed by atoms with Gasteiger partial charge in [-0.2, -0.15) is 5.01 Å². The molecular formula is C12H15N3O2.